The summed E-state index contributed by atoms with van der Waals surface area (Å²) < 4.78 is 26.5. The number of hydrogen-bond acceptors (Lipinski definition) is 1. The van der Waals surface area contributed by atoms with Crippen LogP contribution in [0.4, 0.5) is 8.78 Å². The predicted octanol–water partition coefficient (Wildman–Crippen LogP) is 4.63. The molecule has 0 spiro atoms. The van der Waals surface area contributed by atoms with Crippen LogP contribution in [0, 0.1) is 11.6 Å². The van der Waals surface area contributed by atoms with Crippen LogP contribution in [0.3, 0.4) is 0 Å². The van der Waals surface area contributed by atoms with Crippen molar-refractivity contribution >= 4 is 29.0 Å². The van der Waals surface area contributed by atoms with Gasteiger partial charge in [0.15, 0.2) is 11.6 Å². The second kappa shape index (κ2) is 6.33. The van der Waals surface area contributed by atoms with E-state index in [1.807, 2.05) is 0 Å². The Morgan fingerprint density at radius 3 is 2.45 bits per heavy atom. The zero-order valence-electron chi connectivity index (χ0n) is 10.3. The van der Waals surface area contributed by atoms with Crippen LogP contribution in [0.1, 0.15) is 11.1 Å². The zero-order chi connectivity index (χ0) is 14.7. The Labute approximate surface area is 125 Å². The minimum absolute atomic E-state index is 0.0232. The van der Waals surface area contributed by atoms with Gasteiger partial charge >= 0.3 is 0 Å². The van der Waals surface area contributed by atoms with E-state index in [0.29, 0.717) is 15.6 Å². The summed E-state index contributed by atoms with van der Waals surface area (Å²) in [6.07, 6.45) is -0.165. The number of hydrogen-bond donors (Lipinski definition) is 0. The number of benzene rings is 2. The molecular weight excluding hydrogens is 305 g/mol. The van der Waals surface area contributed by atoms with Gasteiger partial charge in [0.05, 0.1) is 0 Å². The van der Waals surface area contributed by atoms with Crippen LogP contribution in [0.15, 0.2) is 36.4 Å². The minimum Gasteiger partial charge on any atom is -0.299 e. The maximum Gasteiger partial charge on any atom is 0.162 e. The molecule has 0 saturated heterocycles. The Morgan fingerprint density at radius 1 is 1.00 bits per heavy atom. The van der Waals surface area contributed by atoms with Crippen molar-refractivity contribution in [3.8, 4) is 0 Å². The van der Waals surface area contributed by atoms with Crippen molar-refractivity contribution in [2.24, 2.45) is 0 Å². The third kappa shape index (κ3) is 3.56. The molecular formula is C15H10Cl2F2O. The van der Waals surface area contributed by atoms with Crippen LogP contribution < -0.4 is 0 Å². The summed E-state index contributed by atoms with van der Waals surface area (Å²) in [7, 11) is 0. The summed E-state index contributed by atoms with van der Waals surface area (Å²) >= 11 is 11.8. The van der Waals surface area contributed by atoms with E-state index in [1.54, 1.807) is 18.2 Å². The first-order valence-corrected chi connectivity index (χ1v) is 6.61. The predicted molar refractivity (Wildman–Crippen MR) is 75.2 cm³/mol. The molecule has 0 aliphatic rings. The van der Waals surface area contributed by atoms with E-state index in [1.165, 1.54) is 12.1 Å². The first kappa shape index (κ1) is 14.9. The fourth-order valence-electron chi connectivity index (χ4n) is 1.85. The molecule has 2 aromatic carbocycles. The Hall–Kier alpha value is -1.45. The van der Waals surface area contributed by atoms with Crippen molar-refractivity contribution < 1.29 is 13.6 Å². The van der Waals surface area contributed by atoms with Crippen LogP contribution in [0.2, 0.25) is 10.0 Å². The van der Waals surface area contributed by atoms with E-state index in [2.05, 4.69) is 0 Å². The van der Waals surface area contributed by atoms with Crippen molar-refractivity contribution in [2.75, 3.05) is 0 Å². The summed E-state index contributed by atoms with van der Waals surface area (Å²) in [5.41, 5.74) is 0.606. The van der Waals surface area contributed by atoms with Crippen LogP contribution in [0.5, 0.6) is 0 Å². The molecule has 0 unspecified atom stereocenters. The molecule has 0 atom stereocenters. The van der Waals surface area contributed by atoms with E-state index in [9.17, 15) is 13.6 Å². The average Bonchev–Trinajstić information content (AvgIpc) is 2.39. The average molecular weight is 315 g/mol. The van der Waals surface area contributed by atoms with Crippen LogP contribution in [-0.4, -0.2) is 5.78 Å². The van der Waals surface area contributed by atoms with Crippen molar-refractivity contribution in [3.63, 3.8) is 0 Å². The van der Waals surface area contributed by atoms with E-state index < -0.39 is 11.6 Å². The summed E-state index contributed by atoms with van der Waals surface area (Å²) in [5, 5.41) is 0.886. The molecule has 5 heteroatoms. The molecule has 0 N–H and O–H groups in total. The highest BCUT2D eigenvalue weighted by molar-refractivity contribution is 6.33. The Balaban J connectivity index is 2.13. The lowest BCUT2D eigenvalue weighted by Gasteiger charge is -2.06. The molecule has 104 valence electrons. The summed E-state index contributed by atoms with van der Waals surface area (Å²) in [5.74, 6) is -2.22. The molecule has 0 heterocycles. The summed E-state index contributed by atoms with van der Waals surface area (Å²) in [4.78, 5) is 11.9. The minimum atomic E-state index is -0.988. The van der Waals surface area contributed by atoms with Crippen molar-refractivity contribution in [1.82, 2.24) is 0 Å². The Morgan fingerprint density at radius 2 is 1.70 bits per heavy atom. The molecule has 0 aliphatic carbocycles. The molecule has 1 nitrogen and oxygen atoms in total. The maximum absolute atomic E-state index is 13.5. The fraction of sp³-hybridized carbons (Fsp3) is 0.133. The van der Waals surface area contributed by atoms with Crippen LogP contribution >= 0.6 is 23.2 Å². The van der Waals surface area contributed by atoms with Crippen molar-refractivity contribution in [1.29, 1.82) is 0 Å². The number of halogens is 4. The Kier molecular flexibility index (Phi) is 4.73. The number of Topliss-reactive ketones (excluding diaryl/α,β-unsaturated/α-hetero) is 1. The van der Waals surface area contributed by atoms with Gasteiger partial charge in [0.1, 0.15) is 5.78 Å². The lowest BCUT2D eigenvalue weighted by molar-refractivity contribution is -0.117. The van der Waals surface area contributed by atoms with Gasteiger partial charge in [-0.25, -0.2) is 8.78 Å². The van der Waals surface area contributed by atoms with E-state index >= 15 is 0 Å². The number of ketones is 1. The molecule has 2 rings (SSSR count). The van der Waals surface area contributed by atoms with Crippen LogP contribution in [0.25, 0.3) is 0 Å². The van der Waals surface area contributed by atoms with Gasteiger partial charge in [0, 0.05) is 22.9 Å². The quantitative estimate of drug-likeness (QED) is 0.804. The first-order chi connectivity index (χ1) is 9.47. The molecule has 0 fully saturated rings. The highest BCUT2D eigenvalue weighted by atomic mass is 35.5. The van der Waals surface area contributed by atoms with Gasteiger partial charge in [-0.1, -0.05) is 35.3 Å². The normalized spacial score (nSPS) is 10.6. The zero-order valence-corrected chi connectivity index (χ0v) is 11.8. The smallest absolute Gasteiger partial charge is 0.162 e. The lowest BCUT2D eigenvalue weighted by Crippen LogP contribution is -2.09. The summed E-state index contributed by atoms with van der Waals surface area (Å²) in [6, 6.07) is 8.56. The van der Waals surface area contributed by atoms with Crippen molar-refractivity contribution in [3.05, 3.63) is 69.2 Å². The van der Waals surface area contributed by atoms with Gasteiger partial charge in [-0.05, 0) is 35.4 Å². The third-order valence-electron chi connectivity index (χ3n) is 2.81. The monoisotopic (exact) mass is 314 g/mol. The highest BCUT2D eigenvalue weighted by Gasteiger charge is 2.13. The molecule has 20 heavy (non-hydrogen) atoms. The molecule has 0 amide bonds. The van der Waals surface area contributed by atoms with Crippen molar-refractivity contribution in [2.45, 2.75) is 12.8 Å². The van der Waals surface area contributed by atoms with Gasteiger partial charge < -0.3 is 0 Å². The van der Waals surface area contributed by atoms with E-state index in [-0.39, 0.29) is 24.2 Å². The SMILES string of the molecule is O=C(Cc1cc(Cl)ccc1Cl)Cc1cccc(F)c1F. The summed E-state index contributed by atoms with van der Waals surface area (Å²) in [6.45, 7) is 0. The number of carbonyl (C=O) groups excluding carboxylic acids is 1. The van der Waals surface area contributed by atoms with Gasteiger partial charge in [0.25, 0.3) is 0 Å². The molecule has 0 bridgehead atoms. The lowest BCUT2D eigenvalue weighted by atomic mass is 10.0. The van der Waals surface area contributed by atoms with Gasteiger partial charge in [0.2, 0.25) is 0 Å². The first-order valence-electron chi connectivity index (χ1n) is 5.86. The third-order valence-corrected chi connectivity index (χ3v) is 3.42. The fourth-order valence-corrected chi connectivity index (χ4v) is 2.23. The molecule has 0 aromatic heterocycles. The molecule has 2 aromatic rings. The van der Waals surface area contributed by atoms with Crippen LogP contribution in [-0.2, 0) is 17.6 Å². The second-order valence-electron chi connectivity index (χ2n) is 4.34. The van der Waals surface area contributed by atoms with Gasteiger partial charge in [-0.15, -0.1) is 0 Å². The second-order valence-corrected chi connectivity index (χ2v) is 5.18. The molecule has 0 aliphatic heterocycles. The standard InChI is InChI=1S/C15H10Cl2F2O/c16-11-4-5-13(17)10(6-11)8-12(20)7-9-2-1-3-14(18)15(9)19/h1-6H,7-8H2. The maximum atomic E-state index is 13.5. The van der Waals surface area contributed by atoms with Gasteiger partial charge in [-0.3, -0.25) is 4.79 Å². The van der Waals surface area contributed by atoms with Gasteiger partial charge in [-0.2, -0.15) is 0 Å². The van der Waals surface area contributed by atoms with E-state index in [0.717, 1.165) is 6.07 Å². The van der Waals surface area contributed by atoms with E-state index in [4.69, 9.17) is 23.2 Å². The highest BCUT2D eigenvalue weighted by Crippen LogP contribution is 2.22. The molecule has 0 radical (unpaired) electrons. The Bertz CT molecular complexity index is 650. The number of rotatable bonds is 4. The number of carbonyl (C=O) groups is 1. The topological polar surface area (TPSA) is 17.1 Å². The molecule has 0 saturated carbocycles. The largest absolute Gasteiger partial charge is 0.299 e.